The second kappa shape index (κ2) is 6.25. The van der Waals surface area contributed by atoms with Crippen molar-refractivity contribution in [2.75, 3.05) is 17.7 Å². The van der Waals surface area contributed by atoms with Crippen molar-refractivity contribution in [2.45, 2.75) is 6.92 Å². The molecule has 1 heterocycles. The highest BCUT2D eigenvalue weighted by Gasteiger charge is 2.08. The van der Waals surface area contributed by atoms with Crippen LogP contribution in [0.1, 0.15) is 17.3 Å². The molecule has 0 unspecified atom stereocenters. The Balaban J connectivity index is 2.08. The van der Waals surface area contributed by atoms with Crippen LogP contribution in [-0.2, 0) is 0 Å². The number of anilines is 2. The number of nitrogens with two attached hydrogens (primary N) is 1. The van der Waals surface area contributed by atoms with Crippen molar-refractivity contribution in [3.05, 3.63) is 47.1 Å². The minimum atomic E-state index is -0.278. The van der Waals surface area contributed by atoms with Gasteiger partial charge in [-0.25, -0.2) is 4.98 Å². The molecule has 1 amide bonds. The van der Waals surface area contributed by atoms with E-state index in [-0.39, 0.29) is 5.91 Å². The molecule has 20 heavy (non-hydrogen) atoms. The van der Waals surface area contributed by atoms with Crippen LogP contribution in [0.3, 0.4) is 0 Å². The van der Waals surface area contributed by atoms with Crippen LogP contribution in [0.15, 0.2) is 36.5 Å². The molecule has 0 spiro atoms. The molecule has 0 fully saturated rings. The first-order chi connectivity index (χ1) is 9.60. The molecule has 0 aliphatic rings. The Morgan fingerprint density at radius 1 is 1.40 bits per heavy atom. The minimum absolute atomic E-state index is 0.278. The quantitative estimate of drug-likeness (QED) is 0.849. The van der Waals surface area contributed by atoms with Crippen LogP contribution in [0.5, 0.6) is 5.88 Å². The maximum atomic E-state index is 12.0. The summed E-state index contributed by atoms with van der Waals surface area (Å²) in [6.45, 7) is 2.42. The Morgan fingerprint density at radius 3 is 2.80 bits per heavy atom. The maximum absolute atomic E-state index is 12.0. The second-order valence-corrected chi connectivity index (χ2v) is 4.42. The van der Waals surface area contributed by atoms with Gasteiger partial charge in [-0.3, -0.25) is 4.79 Å². The van der Waals surface area contributed by atoms with Gasteiger partial charge in [-0.2, -0.15) is 0 Å². The van der Waals surface area contributed by atoms with Gasteiger partial charge < -0.3 is 15.8 Å². The van der Waals surface area contributed by atoms with E-state index < -0.39 is 0 Å². The van der Waals surface area contributed by atoms with E-state index in [1.54, 1.807) is 24.3 Å². The number of aromatic nitrogens is 1. The number of nitrogens with one attached hydrogen (secondary N) is 1. The van der Waals surface area contributed by atoms with Gasteiger partial charge in [0.25, 0.3) is 5.91 Å². The lowest BCUT2D eigenvalue weighted by Crippen LogP contribution is -2.12. The van der Waals surface area contributed by atoms with Crippen molar-refractivity contribution in [2.24, 2.45) is 0 Å². The van der Waals surface area contributed by atoms with Crippen LogP contribution in [0.2, 0.25) is 5.02 Å². The lowest BCUT2D eigenvalue weighted by Gasteiger charge is -2.07. The number of halogens is 1. The van der Waals surface area contributed by atoms with Crippen molar-refractivity contribution in [1.29, 1.82) is 0 Å². The van der Waals surface area contributed by atoms with E-state index in [0.29, 0.717) is 34.4 Å². The van der Waals surface area contributed by atoms with E-state index >= 15 is 0 Å². The molecular formula is C14H14ClN3O2. The number of rotatable bonds is 4. The van der Waals surface area contributed by atoms with E-state index in [0.717, 1.165) is 0 Å². The van der Waals surface area contributed by atoms with E-state index in [4.69, 9.17) is 22.1 Å². The van der Waals surface area contributed by atoms with Gasteiger partial charge in [0.2, 0.25) is 5.88 Å². The molecule has 5 nitrogen and oxygen atoms in total. The average molecular weight is 292 g/mol. The molecule has 2 aromatic rings. The molecule has 1 aromatic carbocycles. The third-order valence-electron chi connectivity index (χ3n) is 2.54. The summed E-state index contributed by atoms with van der Waals surface area (Å²) in [7, 11) is 0. The second-order valence-electron chi connectivity index (χ2n) is 4.01. The summed E-state index contributed by atoms with van der Waals surface area (Å²) in [5, 5.41) is 3.14. The number of carbonyl (C=O) groups excluding carboxylic acids is 1. The van der Waals surface area contributed by atoms with Gasteiger partial charge in [0.1, 0.15) is 0 Å². The van der Waals surface area contributed by atoms with Crippen LogP contribution >= 0.6 is 11.6 Å². The zero-order valence-electron chi connectivity index (χ0n) is 10.9. The summed E-state index contributed by atoms with van der Waals surface area (Å²) in [6.07, 6.45) is 1.53. The topological polar surface area (TPSA) is 77.2 Å². The summed E-state index contributed by atoms with van der Waals surface area (Å²) in [5.41, 5.74) is 7.04. The largest absolute Gasteiger partial charge is 0.478 e. The third kappa shape index (κ3) is 3.39. The number of pyridine rings is 1. The first-order valence-corrected chi connectivity index (χ1v) is 6.43. The van der Waals surface area contributed by atoms with Crippen molar-refractivity contribution in [1.82, 2.24) is 4.98 Å². The van der Waals surface area contributed by atoms with Crippen LogP contribution in [0, 0.1) is 0 Å². The fraction of sp³-hybridized carbons (Fsp3) is 0.143. The predicted octanol–water partition coefficient (Wildman–Crippen LogP) is 2.97. The number of benzene rings is 1. The highest BCUT2D eigenvalue weighted by Crippen LogP contribution is 2.20. The molecule has 0 atom stereocenters. The van der Waals surface area contributed by atoms with E-state index in [1.807, 2.05) is 6.92 Å². The summed E-state index contributed by atoms with van der Waals surface area (Å²) >= 11 is 5.81. The molecule has 0 aliphatic heterocycles. The first kappa shape index (κ1) is 14.1. The molecule has 0 radical (unpaired) electrons. The summed E-state index contributed by atoms with van der Waals surface area (Å²) in [4.78, 5) is 16.1. The zero-order chi connectivity index (χ0) is 14.5. The molecule has 0 saturated heterocycles. The normalized spacial score (nSPS) is 10.1. The number of hydrogen-bond donors (Lipinski definition) is 2. The van der Waals surface area contributed by atoms with Crippen molar-refractivity contribution in [3.8, 4) is 5.88 Å². The minimum Gasteiger partial charge on any atom is -0.478 e. The number of ether oxygens (including phenoxy) is 1. The number of carbonyl (C=O) groups is 1. The highest BCUT2D eigenvalue weighted by atomic mass is 35.5. The lowest BCUT2D eigenvalue weighted by molar-refractivity contribution is 0.102. The van der Waals surface area contributed by atoms with Crippen molar-refractivity contribution >= 4 is 28.9 Å². The molecule has 0 bridgehead atoms. The van der Waals surface area contributed by atoms with Gasteiger partial charge in [0.15, 0.2) is 0 Å². The molecule has 6 heteroatoms. The maximum Gasteiger partial charge on any atom is 0.255 e. The van der Waals surface area contributed by atoms with Gasteiger partial charge >= 0.3 is 0 Å². The average Bonchev–Trinajstić information content (AvgIpc) is 2.44. The third-order valence-corrected chi connectivity index (χ3v) is 2.89. The number of amides is 1. The Kier molecular flexibility index (Phi) is 4.42. The number of nitrogens with zero attached hydrogens (tertiary/aromatic N) is 1. The van der Waals surface area contributed by atoms with Crippen molar-refractivity contribution < 1.29 is 9.53 Å². The Morgan fingerprint density at radius 2 is 2.20 bits per heavy atom. The van der Waals surface area contributed by atoms with E-state index in [1.165, 1.54) is 12.3 Å². The monoisotopic (exact) mass is 291 g/mol. The molecule has 104 valence electrons. The number of hydrogen-bond acceptors (Lipinski definition) is 4. The van der Waals surface area contributed by atoms with Crippen LogP contribution in [0.4, 0.5) is 11.4 Å². The van der Waals surface area contributed by atoms with E-state index in [9.17, 15) is 4.79 Å². The van der Waals surface area contributed by atoms with E-state index in [2.05, 4.69) is 10.3 Å². The highest BCUT2D eigenvalue weighted by molar-refractivity contribution is 6.33. The number of nitrogen functional groups attached to an aromatic ring is 1. The fourth-order valence-corrected chi connectivity index (χ4v) is 1.69. The molecule has 0 aliphatic carbocycles. The summed E-state index contributed by atoms with van der Waals surface area (Å²) in [5.74, 6) is 0.237. The van der Waals surface area contributed by atoms with Crippen LogP contribution < -0.4 is 15.8 Å². The van der Waals surface area contributed by atoms with Gasteiger partial charge in [-0.15, -0.1) is 0 Å². The first-order valence-electron chi connectivity index (χ1n) is 6.05. The smallest absolute Gasteiger partial charge is 0.255 e. The molecule has 2 rings (SSSR count). The molecule has 1 aromatic heterocycles. The SMILES string of the molecule is CCOc1ccc(NC(=O)c2ccc(Cl)c(N)c2)cn1. The molecule has 0 saturated carbocycles. The van der Waals surface area contributed by atoms with Crippen molar-refractivity contribution in [3.63, 3.8) is 0 Å². The van der Waals surface area contributed by atoms with Gasteiger partial charge in [-0.1, -0.05) is 11.6 Å². The van der Waals surface area contributed by atoms with Gasteiger partial charge in [0.05, 0.1) is 29.2 Å². The molecular weight excluding hydrogens is 278 g/mol. The predicted molar refractivity (Wildman–Crippen MR) is 79.2 cm³/mol. The summed E-state index contributed by atoms with van der Waals surface area (Å²) < 4.78 is 5.22. The lowest BCUT2D eigenvalue weighted by atomic mass is 10.2. The Labute approximate surface area is 121 Å². The zero-order valence-corrected chi connectivity index (χ0v) is 11.6. The Bertz CT molecular complexity index is 614. The Hall–Kier alpha value is -2.27. The van der Waals surface area contributed by atoms with Gasteiger partial charge in [0, 0.05) is 11.6 Å². The fourth-order valence-electron chi connectivity index (χ4n) is 1.58. The standard InChI is InChI=1S/C14H14ClN3O2/c1-2-20-13-6-4-10(8-17-13)18-14(19)9-3-5-11(15)12(16)7-9/h3-8H,2,16H2,1H3,(H,18,19). The van der Waals surface area contributed by atoms with Crippen LogP contribution in [0.25, 0.3) is 0 Å². The van der Waals surface area contributed by atoms with Crippen LogP contribution in [-0.4, -0.2) is 17.5 Å². The van der Waals surface area contributed by atoms with Gasteiger partial charge in [-0.05, 0) is 31.2 Å². The molecule has 3 N–H and O–H groups in total. The summed E-state index contributed by atoms with van der Waals surface area (Å²) in [6, 6.07) is 8.13.